The number of fused-ring (bicyclic) bond motifs is 1. The number of benzene rings is 1. The van der Waals surface area contributed by atoms with E-state index in [-0.39, 0.29) is 5.91 Å². The minimum Gasteiger partial charge on any atom is -0.326 e. The van der Waals surface area contributed by atoms with Gasteiger partial charge in [0.2, 0.25) is 5.91 Å². The number of carbonyl (C=O) groups excluding carboxylic acids is 1. The Labute approximate surface area is 111 Å². The van der Waals surface area contributed by atoms with Gasteiger partial charge in [0.25, 0.3) is 0 Å². The summed E-state index contributed by atoms with van der Waals surface area (Å²) in [5.74, 6) is 0.101. The second kappa shape index (κ2) is 9.66. The molecule has 1 amide bonds. The van der Waals surface area contributed by atoms with Crippen molar-refractivity contribution in [2.75, 3.05) is 18.9 Å². The van der Waals surface area contributed by atoms with Crippen molar-refractivity contribution in [2.45, 2.75) is 40.7 Å². The van der Waals surface area contributed by atoms with E-state index >= 15 is 0 Å². The maximum atomic E-state index is 11.4. The summed E-state index contributed by atoms with van der Waals surface area (Å²) >= 11 is 0. The summed E-state index contributed by atoms with van der Waals surface area (Å²) in [6.07, 6.45) is 0.574. The molecule has 3 nitrogen and oxygen atoms in total. The van der Waals surface area contributed by atoms with E-state index in [1.54, 1.807) is 0 Å². The fourth-order valence-electron chi connectivity index (χ4n) is 1.66. The Hall–Kier alpha value is -1.35. The molecular weight excluding hydrogens is 224 g/mol. The van der Waals surface area contributed by atoms with Gasteiger partial charge in [0.15, 0.2) is 0 Å². The quantitative estimate of drug-likeness (QED) is 0.764. The number of carbonyl (C=O) groups is 1. The normalized spacial score (nSPS) is 14.6. The molecule has 0 aliphatic carbocycles. The molecule has 102 valence electrons. The molecule has 1 aliphatic heterocycles. The molecule has 18 heavy (non-hydrogen) atoms. The van der Waals surface area contributed by atoms with Crippen LogP contribution in [0.3, 0.4) is 0 Å². The average Bonchev–Trinajstić information content (AvgIpc) is 2.42. The molecule has 3 heteroatoms. The molecule has 1 aromatic carbocycles. The third kappa shape index (κ3) is 5.32. The number of hydrogen-bond acceptors (Lipinski definition) is 2. The largest absolute Gasteiger partial charge is 0.326 e. The van der Waals surface area contributed by atoms with E-state index in [2.05, 4.69) is 16.3 Å². The fourth-order valence-corrected chi connectivity index (χ4v) is 1.66. The monoisotopic (exact) mass is 250 g/mol. The van der Waals surface area contributed by atoms with Gasteiger partial charge < -0.3 is 10.2 Å². The first-order valence-electron chi connectivity index (χ1n) is 6.82. The lowest BCUT2D eigenvalue weighted by Crippen LogP contribution is -2.27. The molecule has 1 aliphatic rings. The first-order valence-corrected chi connectivity index (χ1v) is 6.82. The zero-order chi connectivity index (χ0) is 14.0. The summed E-state index contributed by atoms with van der Waals surface area (Å²) in [7, 11) is 2.04. The third-order valence-corrected chi connectivity index (χ3v) is 2.45. The summed E-state index contributed by atoms with van der Waals surface area (Å²) in [6.45, 7) is 9.72. The zero-order valence-corrected chi connectivity index (χ0v) is 12.3. The van der Waals surface area contributed by atoms with Crippen LogP contribution in [0.2, 0.25) is 0 Å². The van der Waals surface area contributed by atoms with Crippen LogP contribution < -0.4 is 5.32 Å². The van der Waals surface area contributed by atoms with E-state index in [9.17, 15) is 4.79 Å². The first-order chi connectivity index (χ1) is 8.75. The van der Waals surface area contributed by atoms with Crippen molar-refractivity contribution in [2.24, 2.45) is 0 Å². The van der Waals surface area contributed by atoms with Crippen LogP contribution >= 0.6 is 0 Å². The van der Waals surface area contributed by atoms with Crippen molar-refractivity contribution in [3.63, 3.8) is 0 Å². The highest BCUT2D eigenvalue weighted by atomic mass is 16.1. The van der Waals surface area contributed by atoms with Gasteiger partial charge in [-0.3, -0.25) is 4.79 Å². The summed E-state index contributed by atoms with van der Waals surface area (Å²) < 4.78 is 0. The molecule has 0 saturated heterocycles. The molecule has 0 atom stereocenters. The Balaban J connectivity index is 0.000000659. The molecule has 1 N–H and O–H groups in total. The predicted molar refractivity (Wildman–Crippen MR) is 78.7 cm³/mol. The van der Waals surface area contributed by atoms with Crippen LogP contribution in [0.4, 0.5) is 5.69 Å². The number of anilines is 1. The Kier molecular flexibility index (Phi) is 8.93. The molecular formula is C15H26N2O. The van der Waals surface area contributed by atoms with Crippen molar-refractivity contribution < 1.29 is 4.79 Å². The van der Waals surface area contributed by atoms with E-state index < -0.39 is 0 Å². The molecule has 0 unspecified atom stereocenters. The molecule has 0 radical (unpaired) electrons. The van der Waals surface area contributed by atoms with Crippen LogP contribution in [0.25, 0.3) is 0 Å². The lowest BCUT2D eigenvalue weighted by Gasteiger charge is -2.22. The van der Waals surface area contributed by atoms with Crippen LogP contribution in [0.5, 0.6) is 0 Å². The van der Waals surface area contributed by atoms with Gasteiger partial charge in [-0.05, 0) is 18.7 Å². The van der Waals surface area contributed by atoms with Crippen LogP contribution in [0.1, 0.15) is 39.7 Å². The Morgan fingerprint density at radius 2 is 1.72 bits per heavy atom. The van der Waals surface area contributed by atoms with Crippen LogP contribution in [0.15, 0.2) is 24.3 Å². The maximum Gasteiger partial charge on any atom is 0.225 e. The molecule has 0 bridgehead atoms. The van der Waals surface area contributed by atoms with Gasteiger partial charge in [-0.2, -0.15) is 0 Å². The number of nitrogens with zero attached hydrogens (tertiary/aromatic N) is 1. The summed E-state index contributed by atoms with van der Waals surface area (Å²) in [5.41, 5.74) is 2.13. The first kappa shape index (κ1) is 16.6. The van der Waals surface area contributed by atoms with Crippen LogP contribution in [-0.2, 0) is 11.3 Å². The molecule has 2 rings (SSSR count). The number of hydrogen-bond donors (Lipinski definition) is 1. The van der Waals surface area contributed by atoms with Crippen molar-refractivity contribution in [1.29, 1.82) is 0 Å². The number of nitrogens with one attached hydrogen (secondary N) is 1. The highest BCUT2D eigenvalue weighted by Crippen LogP contribution is 2.18. The second-order valence-corrected chi connectivity index (χ2v) is 3.69. The van der Waals surface area contributed by atoms with Gasteiger partial charge in [-0.1, -0.05) is 45.9 Å². The maximum absolute atomic E-state index is 11.4. The van der Waals surface area contributed by atoms with Gasteiger partial charge in [0, 0.05) is 25.2 Å². The van der Waals surface area contributed by atoms with Gasteiger partial charge >= 0.3 is 0 Å². The van der Waals surface area contributed by atoms with Gasteiger partial charge in [0.1, 0.15) is 0 Å². The second-order valence-electron chi connectivity index (χ2n) is 3.69. The smallest absolute Gasteiger partial charge is 0.225 e. The summed E-state index contributed by atoms with van der Waals surface area (Å²) in [5, 5.41) is 2.92. The van der Waals surface area contributed by atoms with Crippen LogP contribution in [-0.4, -0.2) is 24.4 Å². The summed E-state index contributed by atoms with van der Waals surface area (Å²) in [4.78, 5) is 13.6. The predicted octanol–water partition coefficient (Wildman–Crippen LogP) is 3.51. The molecule has 1 aromatic rings. The fraction of sp³-hybridized carbons (Fsp3) is 0.533. The SMILES string of the molecule is CC.CC.CN1CCC(=O)Nc2ccccc2C1. The summed E-state index contributed by atoms with van der Waals surface area (Å²) in [6, 6.07) is 7.95. The number of amides is 1. The van der Waals surface area contributed by atoms with E-state index in [1.807, 2.05) is 52.9 Å². The molecule has 0 aromatic heterocycles. The van der Waals surface area contributed by atoms with Crippen molar-refractivity contribution >= 4 is 11.6 Å². The molecule has 0 saturated carbocycles. The molecule has 1 heterocycles. The van der Waals surface area contributed by atoms with Crippen molar-refractivity contribution in [3.8, 4) is 0 Å². The Bertz CT molecular complexity index is 350. The number of rotatable bonds is 0. The Morgan fingerprint density at radius 3 is 2.39 bits per heavy atom. The highest BCUT2D eigenvalue weighted by molar-refractivity contribution is 5.91. The minimum absolute atomic E-state index is 0.101. The van der Waals surface area contributed by atoms with Crippen molar-refractivity contribution in [1.82, 2.24) is 4.90 Å². The zero-order valence-electron chi connectivity index (χ0n) is 12.3. The van der Waals surface area contributed by atoms with E-state index in [0.717, 1.165) is 18.8 Å². The average molecular weight is 250 g/mol. The third-order valence-electron chi connectivity index (χ3n) is 2.45. The van der Waals surface area contributed by atoms with E-state index in [4.69, 9.17) is 0 Å². The van der Waals surface area contributed by atoms with Crippen molar-refractivity contribution in [3.05, 3.63) is 29.8 Å². The standard InChI is InChI=1S/C11H14N2O.2C2H6/c1-13-7-6-11(14)12-10-5-3-2-4-9(10)8-13;2*1-2/h2-5H,6-8H2,1H3,(H,12,14);2*1-2H3. The van der Waals surface area contributed by atoms with Gasteiger partial charge in [0.05, 0.1) is 0 Å². The molecule has 0 fully saturated rings. The number of para-hydroxylation sites is 1. The Morgan fingerprint density at radius 1 is 1.11 bits per heavy atom. The van der Waals surface area contributed by atoms with Gasteiger partial charge in [-0.25, -0.2) is 0 Å². The lowest BCUT2D eigenvalue weighted by atomic mass is 10.1. The van der Waals surface area contributed by atoms with Gasteiger partial charge in [-0.15, -0.1) is 0 Å². The highest BCUT2D eigenvalue weighted by Gasteiger charge is 2.12. The molecule has 0 spiro atoms. The minimum atomic E-state index is 0.101. The topological polar surface area (TPSA) is 32.3 Å². The van der Waals surface area contributed by atoms with E-state index in [1.165, 1.54) is 5.56 Å². The van der Waals surface area contributed by atoms with E-state index in [0.29, 0.717) is 6.42 Å². The van der Waals surface area contributed by atoms with Crippen LogP contribution in [0, 0.1) is 0 Å². The lowest BCUT2D eigenvalue weighted by molar-refractivity contribution is -0.116.